The lowest BCUT2D eigenvalue weighted by Gasteiger charge is -2.22. The van der Waals surface area contributed by atoms with E-state index in [0.717, 1.165) is 15.3 Å². The van der Waals surface area contributed by atoms with Crippen molar-refractivity contribution in [1.82, 2.24) is 0 Å². The van der Waals surface area contributed by atoms with Crippen molar-refractivity contribution in [2.75, 3.05) is 35.0 Å². The molecule has 22 heavy (non-hydrogen) atoms. The molecule has 0 fully saturated rings. The zero-order valence-electron chi connectivity index (χ0n) is 11.7. The third-order valence-corrected chi connectivity index (χ3v) is 4.04. The van der Waals surface area contributed by atoms with Gasteiger partial charge in [0.2, 0.25) is 0 Å². The van der Waals surface area contributed by atoms with Crippen molar-refractivity contribution in [3.05, 3.63) is 4.13 Å². The molecule has 0 bridgehead atoms. The number of methoxy groups -OCH3 is 1. The van der Waals surface area contributed by atoms with Crippen molar-refractivity contribution in [3.63, 3.8) is 0 Å². The summed E-state index contributed by atoms with van der Waals surface area (Å²) in [7, 11) is -5.47. The van der Waals surface area contributed by atoms with Crippen LogP contribution in [0.2, 0.25) is 0 Å². The highest BCUT2D eigenvalue weighted by molar-refractivity contribution is 8.13. The number of sulfonamides is 2. The Bertz CT molecular complexity index is 503. The Labute approximate surface area is 123 Å². The Morgan fingerprint density at radius 1 is 0.864 bits per heavy atom. The lowest BCUT2D eigenvalue weighted by molar-refractivity contribution is -0.890. The van der Waals surface area contributed by atoms with Crippen molar-refractivity contribution in [3.8, 4) is 0 Å². The van der Waals surface area contributed by atoms with Gasteiger partial charge in [-0.2, -0.15) is 26.3 Å². The van der Waals surface area contributed by atoms with Gasteiger partial charge in [-0.15, -0.1) is 0 Å². The highest BCUT2D eigenvalue weighted by Crippen LogP contribution is 2.36. The van der Waals surface area contributed by atoms with E-state index in [9.17, 15) is 43.2 Å². The molecular weight excluding hydrogens is 370 g/mol. The third kappa shape index (κ3) is 8.72. The number of halogens is 6. The zero-order valence-corrected chi connectivity index (χ0v) is 13.4. The minimum Gasteiger partial charge on any atom is -0.421 e. The highest BCUT2D eigenvalue weighted by atomic mass is 32.3. The molecule has 7 nitrogen and oxygen atoms in total. The molecule has 0 aliphatic rings. The molecule has 0 aliphatic heterocycles. The number of quaternary nitrogens is 1. The van der Waals surface area contributed by atoms with Gasteiger partial charge in [-0.05, 0) is 0 Å². The second-order valence-electron chi connectivity index (χ2n) is 4.62. The summed E-state index contributed by atoms with van der Waals surface area (Å²) < 4.78 is 115. The Morgan fingerprint density at radius 3 is 1.23 bits per heavy atom. The van der Waals surface area contributed by atoms with Crippen LogP contribution in [-0.2, 0) is 24.8 Å². The van der Waals surface area contributed by atoms with E-state index in [-0.39, 0.29) is 0 Å². The van der Waals surface area contributed by atoms with Crippen LogP contribution in [0.5, 0.6) is 0 Å². The van der Waals surface area contributed by atoms with Crippen LogP contribution in [0.25, 0.3) is 4.13 Å². The predicted octanol–water partition coefficient (Wildman–Crippen LogP) is 1.36. The number of rotatable bonds is 4. The summed E-state index contributed by atoms with van der Waals surface area (Å²) in [6.07, 6.45) is 0. The summed E-state index contributed by atoms with van der Waals surface area (Å²) in [5.41, 5.74) is -12.4. The first kappa shape index (κ1) is 23.6. The van der Waals surface area contributed by atoms with Gasteiger partial charge < -0.3 is 13.3 Å². The largest absolute Gasteiger partial charge is 0.480 e. The first-order valence-electron chi connectivity index (χ1n) is 4.93. The topological polar surface area (TPSA) is 91.6 Å². The van der Waals surface area contributed by atoms with E-state index < -0.39 is 31.1 Å². The molecule has 0 aliphatic carbocycles. The normalized spacial score (nSPS) is 14.3. The van der Waals surface area contributed by atoms with Crippen LogP contribution in [-0.4, -0.2) is 67.3 Å². The molecule has 0 N–H and O–H groups in total. The summed E-state index contributed by atoms with van der Waals surface area (Å²) in [5.74, 6) is 0. The van der Waals surface area contributed by atoms with Crippen LogP contribution >= 0.6 is 0 Å². The van der Waals surface area contributed by atoms with Gasteiger partial charge in [0, 0.05) is 7.11 Å². The van der Waals surface area contributed by atoms with Crippen LogP contribution in [0.4, 0.5) is 26.3 Å². The molecule has 0 aromatic carbocycles. The van der Waals surface area contributed by atoms with Gasteiger partial charge in [0.1, 0.15) is 0 Å². The Hall–Kier alpha value is -0.640. The van der Waals surface area contributed by atoms with Crippen LogP contribution < -0.4 is 0 Å². The number of hydrogen-bond donors (Lipinski definition) is 0. The first-order chi connectivity index (χ1) is 9.27. The Balaban J connectivity index is 0. The predicted molar refractivity (Wildman–Crippen MR) is 63.2 cm³/mol. The van der Waals surface area contributed by atoms with Gasteiger partial charge in [-0.3, -0.25) is 0 Å². The highest BCUT2D eigenvalue weighted by Gasteiger charge is 2.46. The summed E-state index contributed by atoms with van der Waals surface area (Å²) in [6, 6.07) is 0. The molecular formula is C7H14F6N2O5S2. The van der Waals surface area contributed by atoms with Gasteiger partial charge in [0.15, 0.2) is 26.8 Å². The van der Waals surface area contributed by atoms with E-state index in [1.807, 2.05) is 0 Å². The number of ether oxygens (including phenoxy) is 1. The van der Waals surface area contributed by atoms with Crippen molar-refractivity contribution in [2.45, 2.75) is 11.0 Å². The van der Waals surface area contributed by atoms with E-state index in [0.29, 0.717) is 0 Å². The van der Waals surface area contributed by atoms with E-state index in [1.165, 1.54) is 0 Å². The lowest BCUT2D eigenvalue weighted by Crippen LogP contribution is -2.35. The average molecular weight is 384 g/mol. The van der Waals surface area contributed by atoms with Gasteiger partial charge >= 0.3 is 11.0 Å². The summed E-state index contributed by atoms with van der Waals surface area (Å²) in [4.78, 5) is 0. The molecule has 0 heterocycles. The van der Waals surface area contributed by atoms with Gasteiger partial charge in [0.05, 0.1) is 21.1 Å². The summed E-state index contributed by atoms with van der Waals surface area (Å²) in [6.45, 7) is 0.778. The molecule has 0 atom stereocenters. The maximum absolute atomic E-state index is 11.4. The summed E-state index contributed by atoms with van der Waals surface area (Å²) in [5, 5.41) is 0. The van der Waals surface area contributed by atoms with Crippen molar-refractivity contribution >= 4 is 20.0 Å². The second kappa shape index (κ2) is 7.29. The maximum Gasteiger partial charge on any atom is 0.480 e. The summed E-state index contributed by atoms with van der Waals surface area (Å²) >= 11 is 0. The molecule has 0 aromatic rings. The zero-order chi connectivity index (χ0) is 18.6. The minimum absolute atomic E-state index is 0.778. The van der Waals surface area contributed by atoms with E-state index >= 15 is 0 Å². The molecule has 0 saturated carbocycles. The standard InChI is InChI=1S/C5H14NO.C2F6NO4S2/c1-6(2,3)5-7-4;3-1(4,5)14(10,11)9-15(12,13)2(6,7)8/h5H2,1-4H3;/q+1;-1. The number of hydrogen-bond acceptors (Lipinski definition) is 5. The fraction of sp³-hybridized carbons (Fsp3) is 1.00. The van der Waals surface area contributed by atoms with Crippen molar-refractivity contribution < 1.29 is 52.4 Å². The molecule has 15 heteroatoms. The fourth-order valence-electron chi connectivity index (χ4n) is 0.601. The quantitative estimate of drug-likeness (QED) is 0.415. The minimum atomic E-state index is -6.72. The molecule has 0 aromatic heterocycles. The maximum atomic E-state index is 11.4. The van der Waals surface area contributed by atoms with Crippen LogP contribution in [0.3, 0.4) is 0 Å². The number of nitrogens with zero attached hydrogens (tertiary/aromatic N) is 2. The van der Waals surface area contributed by atoms with Crippen LogP contribution in [0.1, 0.15) is 0 Å². The van der Waals surface area contributed by atoms with Gasteiger partial charge in [-0.1, -0.05) is 0 Å². The smallest absolute Gasteiger partial charge is 0.421 e. The van der Waals surface area contributed by atoms with E-state index in [2.05, 4.69) is 21.1 Å². The average Bonchev–Trinajstić information content (AvgIpc) is 2.10. The first-order valence-corrected chi connectivity index (χ1v) is 7.81. The fourth-order valence-corrected chi connectivity index (χ4v) is 2.31. The monoisotopic (exact) mass is 384 g/mol. The van der Waals surface area contributed by atoms with Crippen LogP contribution in [0.15, 0.2) is 0 Å². The molecule has 0 saturated heterocycles. The molecule has 0 radical (unpaired) electrons. The van der Waals surface area contributed by atoms with Gasteiger partial charge in [-0.25, -0.2) is 16.8 Å². The molecule has 0 amide bonds. The number of alkyl halides is 6. The lowest BCUT2D eigenvalue weighted by atomic mass is 10.7. The third-order valence-electron chi connectivity index (χ3n) is 1.30. The Kier molecular flexibility index (Phi) is 7.83. The Morgan fingerprint density at radius 2 is 1.14 bits per heavy atom. The molecule has 0 rings (SSSR count). The van der Waals surface area contributed by atoms with Gasteiger partial charge in [0.25, 0.3) is 0 Å². The molecule has 136 valence electrons. The van der Waals surface area contributed by atoms with E-state index in [4.69, 9.17) is 4.74 Å². The van der Waals surface area contributed by atoms with E-state index in [1.54, 1.807) is 7.11 Å². The molecule has 0 unspecified atom stereocenters. The second-order valence-corrected chi connectivity index (χ2v) is 8.05. The SMILES string of the molecule is COC[N+](C)(C)C.O=S(=O)([N-]S(=O)(=O)C(F)(F)F)C(F)(F)F. The van der Waals surface area contributed by atoms with Crippen LogP contribution in [0, 0.1) is 0 Å². The van der Waals surface area contributed by atoms with Crippen molar-refractivity contribution in [2.24, 2.45) is 0 Å². The molecule has 0 spiro atoms. The van der Waals surface area contributed by atoms with Crippen molar-refractivity contribution in [1.29, 1.82) is 0 Å².